The number of aromatic amines is 1. The zero-order valence-corrected chi connectivity index (χ0v) is 15.3. The number of aromatic nitrogens is 4. The number of H-pyrrole nitrogens is 1. The third kappa shape index (κ3) is 4.76. The molecule has 0 saturated heterocycles. The molecule has 0 aliphatic rings. The molecular weight excluding hydrogens is 368 g/mol. The first-order valence-corrected chi connectivity index (χ1v) is 10.1. The Kier molecular flexibility index (Phi) is 5.31. The lowest BCUT2D eigenvalue weighted by molar-refractivity contribution is -0.137. The van der Waals surface area contributed by atoms with E-state index in [1.54, 1.807) is 24.3 Å². The minimum atomic E-state index is -3.22. The SMILES string of the molecule is CS(=O)(=O)c1ccc(-c2ccc(C[C@H](CC(=O)O)c3nn[nH]n3)cc2)cc1. The second-order valence-electron chi connectivity index (χ2n) is 6.26. The zero-order valence-electron chi connectivity index (χ0n) is 14.5. The molecular formula is C18H18N4O4S. The van der Waals surface area contributed by atoms with Crippen LogP contribution in [-0.2, 0) is 21.1 Å². The summed E-state index contributed by atoms with van der Waals surface area (Å²) in [5.41, 5.74) is 2.78. The lowest BCUT2D eigenvalue weighted by Crippen LogP contribution is -2.11. The molecule has 0 spiro atoms. The summed E-state index contributed by atoms with van der Waals surface area (Å²) < 4.78 is 23.1. The van der Waals surface area contributed by atoms with Gasteiger partial charge in [0.05, 0.1) is 11.3 Å². The Morgan fingerprint density at radius 2 is 1.67 bits per heavy atom. The lowest BCUT2D eigenvalue weighted by atomic mass is 9.94. The van der Waals surface area contributed by atoms with E-state index in [0.717, 1.165) is 16.7 Å². The highest BCUT2D eigenvalue weighted by Gasteiger charge is 2.20. The monoisotopic (exact) mass is 386 g/mol. The number of tetrazole rings is 1. The van der Waals surface area contributed by atoms with Crippen LogP contribution in [0.2, 0.25) is 0 Å². The van der Waals surface area contributed by atoms with Gasteiger partial charge in [0.2, 0.25) is 0 Å². The number of nitrogens with zero attached hydrogens (tertiary/aromatic N) is 3. The Hall–Kier alpha value is -3.07. The summed E-state index contributed by atoms with van der Waals surface area (Å²) >= 11 is 0. The van der Waals surface area contributed by atoms with E-state index in [-0.39, 0.29) is 17.2 Å². The number of aliphatic carboxylic acids is 1. The summed E-state index contributed by atoms with van der Waals surface area (Å²) in [5, 5.41) is 22.7. The van der Waals surface area contributed by atoms with Crippen molar-refractivity contribution in [3.8, 4) is 11.1 Å². The van der Waals surface area contributed by atoms with Gasteiger partial charge in [0.15, 0.2) is 15.7 Å². The van der Waals surface area contributed by atoms with Gasteiger partial charge in [0.1, 0.15) is 0 Å². The third-order valence-corrected chi connectivity index (χ3v) is 5.33. The van der Waals surface area contributed by atoms with E-state index in [2.05, 4.69) is 20.6 Å². The molecule has 1 aromatic heterocycles. The molecule has 9 heteroatoms. The highest BCUT2D eigenvalue weighted by atomic mass is 32.2. The van der Waals surface area contributed by atoms with Gasteiger partial charge in [-0.3, -0.25) is 4.79 Å². The number of sulfone groups is 1. The normalized spacial score (nSPS) is 12.6. The second kappa shape index (κ2) is 7.67. The minimum absolute atomic E-state index is 0.0890. The topological polar surface area (TPSA) is 126 Å². The number of rotatable bonds is 7. The van der Waals surface area contributed by atoms with E-state index < -0.39 is 15.8 Å². The first kappa shape index (κ1) is 18.7. The molecule has 3 aromatic rings. The van der Waals surface area contributed by atoms with Gasteiger partial charge in [-0.1, -0.05) is 41.6 Å². The van der Waals surface area contributed by atoms with Crippen molar-refractivity contribution in [2.75, 3.05) is 6.26 Å². The molecule has 0 bridgehead atoms. The fourth-order valence-corrected chi connectivity index (χ4v) is 3.45. The fraction of sp³-hybridized carbons (Fsp3) is 0.222. The van der Waals surface area contributed by atoms with Crippen LogP contribution in [-0.4, -0.2) is 46.4 Å². The molecule has 0 aliphatic heterocycles. The largest absolute Gasteiger partial charge is 0.481 e. The van der Waals surface area contributed by atoms with Crippen LogP contribution in [0.15, 0.2) is 53.4 Å². The number of carboxylic acids is 1. The van der Waals surface area contributed by atoms with Gasteiger partial charge in [-0.05, 0) is 35.2 Å². The molecule has 0 radical (unpaired) electrons. The fourth-order valence-electron chi connectivity index (χ4n) is 2.82. The van der Waals surface area contributed by atoms with Crippen molar-refractivity contribution in [1.29, 1.82) is 0 Å². The number of carboxylic acid groups (broad SMARTS) is 1. The predicted octanol–water partition coefficient (Wildman–Crippen LogP) is 2.07. The third-order valence-electron chi connectivity index (χ3n) is 4.20. The molecule has 27 heavy (non-hydrogen) atoms. The van der Waals surface area contributed by atoms with Crippen LogP contribution in [0, 0.1) is 0 Å². The van der Waals surface area contributed by atoms with Gasteiger partial charge in [-0.25, -0.2) is 8.42 Å². The Morgan fingerprint density at radius 1 is 1.07 bits per heavy atom. The molecule has 0 saturated carbocycles. The molecule has 2 N–H and O–H groups in total. The Morgan fingerprint density at radius 3 is 2.15 bits per heavy atom. The Balaban J connectivity index is 1.77. The summed E-state index contributed by atoms with van der Waals surface area (Å²) in [6.45, 7) is 0. The maximum absolute atomic E-state index is 11.5. The van der Waals surface area contributed by atoms with Crippen molar-refractivity contribution in [1.82, 2.24) is 20.6 Å². The number of nitrogens with one attached hydrogen (secondary N) is 1. The molecule has 8 nitrogen and oxygen atoms in total. The summed E-state index contributed by atoms with van der Waals surface area (Å²) in [5.74, 6) is -0.925. The van der Waals surface area contributed by atoms with Crippen LogP contribution in [0.1, 0.15) is 23.7 Å². The van der Waals surface area contributed by atoms with Crippen LogP contribution in [0.4, 0.5) is 0 Å². The maximum Gasteiger partial charge on any atom is 0.304 e. The zero-order chi connectivity index (χ0) is 19.4. The highest BCUT2D eigenvalue weighted by Crippen LogP contribution is 2.25. The van der Waals surface area contributed by atoms with E-state index in [4.69, 9.17) is 5.11 Å². The average Bonchev–Trinajstić information content (AvgIpc) is 3.15. The van der Waals surface area contributed by atoms with Gasteiger partial charge in [-0.2, -0.15) is 5.21 Å². The van der Waals surface area contributed by atoms with Crippen LogP contribution in [0.25, 0.3) is 11.1 Å². The van der Waals surface area contributed by atoms with Crippen molar-refractivity contribution >= 4 is 15.8 Å². The molecule has 140 valence electrons. The van der Waals surface area contributed by atoms with Crippen molar-refractivity contribution in [2.45, 2.75) is 23.7 Å². The summed E-state index contributed by atoms with van der Waals surface area (Å²) in [4.78, 5) is 11.4. The standard InChI is InChI=1S/C18H18N4O4S/c1-27(25,26)16-8-6-14(7-9-16)13-4-2-12(3-5-13)10-15(11-17(23)24)18-19-21-22-20-18/h2-9,15H,10-11H2,1H3,(H,23,24)(H,19,20,21,22)/t15-/m1/s1. The van der Waals surface area contributed by atoms with Crippen LogP contribution < -0.4 is 0 Å². The molecule has 0 aliphatic carbocycles. The molecule has 3 rings (SSSR count). The molecule has 0 unspecified atom stereocenters. The molecule has 0 fully saturated rings. The van der Waals surface area contributed by atoms with Crippen LogP contribution in [0.5, 0.6) is 0 Å². The second-order valence-corrected chi connectivity index (χ2v) is 8.28. The molecule has 1 atom stereocenters. The smallest absolute Gasteiger partial charge is 0.304 e. The average molecular weight is 386 g/mol. The predicted molar refractivity (Wildman–Crippen MR) is 97.9 cm³/mol. The Labute approximate surface area is 156 Å². The quantitative estimate of drug-likeness (QED) is 0.636. The minimum Gasteiger partial charge on any atom is -0.481 e. The highest BCUT2D eigenvalue weighted by molar-refractivity contribution is 7.90. The number of carbonyl (C=O) groups is 1. The van der Waals surface area contributed by atoms with Gasteiger partial charge in [0, 0.05) is 12.2 Å². The first-order chi connectivity index (χ1) is 12.8. The van der Waals surface area contributed by atoms with Gasteiger partial charge in [-0.15, -0.1) is 10.2 Å². The van der Waals surface area contributed by atoms with Crippen LogP contribution >= 0.6 is 0 Å². The molecule has 0 amide bonds. The van der Waals surface area contributed by atoms with E-state index in [1.807, 2.05) is 24.3 Å². The van der Waals surface area contributed by atoms with E-state index in [1.165, 1.54) is 6.26 Å². The van der Waals surface area contributed by atoms with Crippen molar-refractivity contribution in [2.24, 2.45) is 0 Å². The maximum atomic E-state index is 11.5. The Bertz CT molecular complexity index is 1010. The summed E-state index contributed by atoms with van der Waals surface area (Å²) in [6.07, 6.45) is 1.56. The van der Waals surface area contributed by atoms with E-state index in [0.29, 0.717) is 12.2 Å². The van der Waals surface area contributed by atoms with Crippen LogP contribution in [0.3, 0.4) is 0 Å². The number of benzene rings is 2. The lowest BCUT2D eigenvalue weighted by Gasteiger charge is -2.11. The summed E-state index contributed by atoms with van der Waals surface area (Å²) in [6, 6.07) is 14.3. The van der Waals surface area contributed by atoms with E-state index >= 15 is 0 Å². The van der Waals surface area contributed by atoms with E-state index in [9.17, 15) is 13.2 Å². The van der Waals surface area contributed by atoms with Crippen molar-refractivity contribution < 1.29 is 18.3 Å². The van der Waals surface area contributed by atoms with Gasteiger partial charge in [0.25, 0.3) is 0 Å². The number of hydrogen-bond acceptors (Lipinski definition) is 6. The van der Waals surface area contributed by atoms with Crippen molar-refractivity contribution in [3.05, 3.63) is 59.9 Å². The first-order valence-electron chi connectivity index (χ1n) is 8.17. The number of hydrogen-bond donors (Lipinski definition) is 2. The summed E-state index contributed by atoms with van der Waals surface area (Å²) in [7, 11) is -3.22. The molecule has 2 aromatic carbocycles. The molecule has 1 heterocycles. The van der Waals surface area contributed by atoms with Gasteiger partial charge < -0.3 is 5.11 Å². The van der Waals surface area contributed by atoms with Crippen molar-refractivity contribution in [3.63, 3.8) is 0 Å². The van der Waals surface area contributed by atoms with Gasteiger partial charge >= 0.3 is 5.97 Å².